The molecule has 3 rings (SSSR count). The monoisotopic (exact) mass is 268 g/mol. The third-order valence-corrected chi connectivity index (χ3v) is 3.16. The van der Waals surface area contributed by atoms with E-state index in [1.807, 2.05) is 6.07 Å². The average Bonchev–Trinajstić information content (AvgIpc) is 2.79. The lowest BCUT2D eigenvalue weighted by Gasteiger charge is -1.99. The van der Waals surface area contributed by atoms with Gasteiger partial charge in [-0.25, -0.2) is 4.98 Å². The second kappa shape index (κ2) is 4.23. The van der Waals surface area contributed by atoms with E-state index in [9.17, 15) is 10.4 Å². The molecule has 0 fully saturated rings. The summed E-state index contributed by atoms with van der Waals surface area (Å²) in [4.78, 5) is 9.99. The molecule has 0 atom stereocenters. The molecule has 2 heterocycles. The van der Waals surface area contributed by atoms with Crippen LogP contribution < -0.4 is 0 Å². The van der Waals surface area contributed by atoms with Crippen LogP contribution in [-0.2, 0) is 0 Å². The van der Waals surface area contributed by atoms with Gasteiger partial charge in [-0.2, -0.15) is 5.26 Å². The van der Waals surface area contributed by atoms with Crippen LogP contribution in [-0.4, -0.2) is 20.1 Å². The summed E-state index contributed by atoms with van der Waals surface area (Å²) in [5, 5.41) is 18.8. The van der Waals surface area contributed by atoms with Crippen molar-refractivity contribution in [1.29, 1.82) is 5.26 Å². The summed E-state index contributed by atoms with van der Waals surface area (Å²) < 4.78 is 0.400. The zero-order valence-electron chi connectivity index (χ0n) is 9.64. The molecular weight excluding hydrogens is 260 g/mol. The number of aromatic nitrogens is 3. The Bertz CT molecular complexity index is 872. The number of benzene rings is 1. The second-order valence-electron chi connectivity index (χ2n) is 3.99. The van der Waals surface area contributed by atoms with Crippen molar-refractivity contribution < 1.29 is 5.11 Å². The Morgan fingerprint density at radius 3 is 2.89 bits per heavy atom. The number of aromatic amines is 2. The van der Waals surface area contributed by atoms with Gasteiger partial charge in [-0.05, 0) is 12.1 Å². The Morgan fingerprint density at radius 1 is 1.32 bits per heavy atom. The third kappa shape index (κ3) is 1.77. The van der Waals surface area contributed by atoms with E-state index in [1.165, 1.54) is 6.33 Å². The maximum Gasteiger partial charge on any atom is 0.153 e. The molecule has 0 radical (unpaired) electrons. The molecule has 2 aromatic heterocycles. The molecule has 0 saturated carbocycles. The molecule has 0 bridgehead atoms. The molecule has 5 nitrogen and oxygen atoms in total. The zero-order valence-corrected chi connectivity index (χ0v) is 10.5. The number of aromatic hydroxyl groups is 1. The number of phenolic OH excluding ortho intramolecular Hbond substituents is 1. The van der Waals surface area contributed by atoms with E-state index in [4.69, 9.17) is 12.2 Å². The summed E-state index contributed by atoms with van der Waals surface area (Å²) in [6.45, 7) is 0. The Kier molecular flexibility index (Phi) is 2.54. The second-order valence-corrected chi connectivity index (χ2v) is 4.38. The fourth-order valence-corrected chi connectivity index (χ4v) is 2.22. The number of hydrogen-bond donors (Lipinski definition) is 3. The molecule has 0 amide bonds. The SMILES string of the molecule is N#Cc1c(-c2cccc(O)c2)[nH]c2c(=S)nc[nH]c12. The van der Waals surface area contributed by atoms with Crippen molar-refractivity contribution in [2.24, 2.45) is 0 Å². The number of nitriles is 1. The third-order valence-electron chi connectivity index (χ3n) is 2.85. The fourth-order valence-electron chi connectivity index (χ4n) is 2.01. The summed E-state index contributed by atoms with van der Waals surface area (Å²) >= 11 is 5.13. The first-order valence-electron chi connectivity index (χ1n) is 5.49. The largest absolute Gasteiger partial charge is 0.508 e. The minimum absolute atomic E-state index is 0.140. The van der Waals surface area contributed by atoms with E-state index >= 15 is 0 Å². The average molecular weight is 268 g/mol. The molecule has 0 unspecified atom stereocenters. The maximum atomic E-state index is 9.53. The van der Waals surface area contributed by atoms with Gasteiger partial charge >= 0.3 is 0 Å². The molecule has 19 heavy (non-hydrogen) atoms. The molecule has 0 aliphatic heterocycles. The highest BCUT2D eigenvalue weighted by atomic mass is 32.1. The van der Waals surface area contributed by atoms with Gasteiger partial charge in [-0.15, -0.1) is 0 Å². The Labute approximate surface area is 113 Å². The minimum atomic E-state index is 0.140. The van der Waals surface area contributed by atoms with Crippen LogP contribution in [0.1, 0.15) is 5.56 Å². The van der Waals surface area contributed by atoms with E-state index in [0.29, 0.717) is 26.9 Å². The number of nitrogens with zero attached hydrogens (tertiary/aromatic N) is 2. The van der Waals surface area contributed by atoms with Crippen molar-refractivity contribution in [1.82, 2.24) is 15.0 Å². The fraction of sp³-hybridized carbons (Fsp3) is 0. The lowest BCUT2D eigenvalue weighted by molar-refractivity contribution is 0.475. The molecule has 3 N–H and O–H groups in total. The van der Waals surface area contributed by atoms with Crippen LogP contribution >= 0.6 is 12.2 Å². The highest BCUT2D eigenvalue weighted by molar-refractivity contribution is 7.71. The van der Waals surface area contributed by atoms with Gasteiger partial charge in [0.2, 0.25) is 0 Å². The minimum Gasteiger partial charge on any atom is -0.508 e. The Hall–Kier alpha value is -2.65. The number of phenols is 1. The van der Waals surface area contributed by atoms with Gasteiger partial charge in [-0.3, -0.25) is 0 Å². The normalized spacial score (nSPS) is 10.5. The van der Waals surface area contributed by atoms with Crippen molar-refractivity contribution in [2.45, 2.75) is 0 Å². The molecule has 1 aromatic carbocycles. The van der Waals surface area contributed by atoms with Gasteiger partial charge in [0.15, 0.2) is 4.64 Å². The summed E-state index contributed by atoms with van der Waals surface area (Å²) in [6.07, 6.45) is 1.46. The molecule has 0 saturated heterocycles. The van der Waals surface area contributed by atoms with Crippen molar-refractivity contribution in [3.05, 3.63) is 40.8 Å². The molecule has 6 heteroatoms. The predicted molar refractivity (Wildman–Crippen MR) is 73.1 cm³/mol. The molecule has 92 valence electrons. The summed E-state index contributed by atoms with van der Waals surface area (Å²) in [7, 11) is 0. The zero-order chi connectivity index (χ0) is 13.4. The predicted octanol–water partition coefficient (Wildman–Crippen LogP) is 2.86. The van der Waals surface area contributed by atoms with E-state index in [0.717, 1.165) is 5.56 Å². The number of fused-ring (bicyclic) bond motifs is 1. The van der Waals surface area contributed by atoms with Gasteiger partial charge in [0, 0.05) is 5.56 Å². The number of H-pyrrole nitrogens is 2. The lowest BCUT2D eigenvalue weighted by Crippen LogP contribution is -1.82. The molecule has 3 aromatic rings. The molecule has 0 spiro atoms. The Morgan fingerprint density at radius 2 is 2.16 bits per heavy atom. The van der Waals surface area contributed by atoms with Crippen molar-refractivity contribution in [3.63, 3.8) is 0 Å². The quantitative estimate of drug-likeness (QED) is 0.592. The lowest BCUT2D eigenvalue weighted by atomic mass is 10.1. The van der Waals surface area contributed by atoms with Crippen molar-refractivity contribution >= 4 is 23.3 Å². The van der Waals surface area contributed by atoms with E-state index in [1.54, 1.807) is 18.2 Å². The smallest absolute Gasteiger partial charge is 0.153 e. The van der Waals surface area contributed by atoms with E-state index < -0.39 is 0 Å². The van der Waals surface area contributed by atoms with Crippen LogP contribution in [0.15, 0.2) is 30.6 Å². The van der Waals surface area contributed by atoms with Crippen LogP contribution in [0.5, 0.6) is 5.75 Å². The van der Waals surface area contributed by atoms with Crippen molar-refractivity contribution in [2.75, 3.05) is 0 Å². The number of hydrogen-bond acceptors (Lipinski definition) is 4. The summed E-state index contributed by atoms with van der Waals surface area (Å²) in [5.41, 5.74) is 3.03. The van der Waals surface area contributed by atoms with Crippen LogP contribution in [0.25, 0.3) is 22.3 Å². The molecule has 0 aliphatic rings. The first-order chi connectivity index (χ1) is 9.20. The summed E-state index contributed by atoms with van der Waals surface area (Å²) in [6, 6.07) is 8.83. The topological polar surface area (TPSA) is 88.5 Å². The van der Waals surface area contributed by atoms with Crippen LogP contribution in [0.4, 0.5) is 0 Å². The molecule has 0 aliphatic carbocycles. The highest BCUT2D eigenvalue weighted by Crippen LogP contribution is 2.30. The van der Waals surface area contributed by atoms with Gasteiger partial charge in [0.1, 0.15) is 22.9 Å². The highest BCUT2D eigenvalue weighted by Gasteiger charge is 2.14. The standard InChI is InChI=1S/C13H8N4OS/c14-5-9-10(7-2-1-3-8(18)4-7)17-12-11(9)15-6-16-13(12)19/h1-4,6,17-18H,(H,15,16,19). The van der Waals surface area contributed by atoms with Crippen LogP contribution in [0.2, 0.25) is 0 Å². The van der Waals surface area contributed by atoms with Gasteiger partial charge in [0.05, 0.1) is 17.5 Å². The van der Waals surface area contributed by atoms with Crippen LogP contribution in [0.3, 0.4) is 0 Å². The molecular formula is C13H8N4OS. The number of rotatable bonds is 1. The Balaban J connectivity index is 2.40. The van der Waals surface area contributed by atoms with Crippen LogP contribution in [0, 0.1) is 16.0 Å². The van der Waals surface area contributed by atoms with E-state index in [2.05, 4.69) is 21.0 Å². The van der Waals surface area contributed by atoms with Crippen molar-refractivity contribution in [3.8, 4) is 23.1 Å². The van der Waals surface area contributed by atoms with E-state index in [-0.39, 0.29) is 5.75 Å². The first kappa shape index (κ1) is 11.4. The van der Waals surface area contributed by atoms with Gasteiger partial charge in [-0.1, -0.05) is 24.4 Å². The first-order valence-corrected chi connectivity index (χ1v) is 5.90. The maximum absolute atomic E-state index is 9.53. The summed E-state index contributed by atoms with van der Waals surface area (Å²) in [5.74, 6) is 0.140. The number of nitrogens with one attached hydrogen (secondary N) is 2. The van der Waals surface area contributed by atoms with Gasteiger partial charge < -0.3 is 15.1 Å². The van der Waals surface area contributed by atoms with Gasteiger partial charge in [0.25, 0.3) is 0 Å².